The molecule has 1 aliphatic heterocycles. The molecule has 0 spiro atoms. The number of carbonyl (C=O) groups excluding carboxylic acids is 2. The van der Waals surface area contributed by atoms with E-state index in [2.05, 4.69) is 27.2 Å². The van der Waals surface area contributed by atoms with Gasteiger partial charge in [-0.1, -0.05) is 24.3 Å². The van der Waals surface area contributed by atoms with Crippen LogP contribution in [0.25, 0.3) is 16.6 Å². The number of allylic oxidation sites excluding steroid dienone is 2. The quantitative estimate of drug-likeness (QED) is 0.524. The van der Waals surface area contributed by atoms with Crippen molar-refractivity contribution in [2.45, 2.75) is 12.8 Å². The van der Waals surface area contributed by atoms with Crippen molar-refractivity contribution in [2.75, 3.05) is 6.54 Å². The predicted octanol–water partition coefficient (Wildman–Crippen LogP) is 1.63. The largest absolute Gasteiger partial charge is 0.282 e. The van der Waals surface area contributed by atoms with Crippen LogP contribution in [0.1, 0.15) is 12.2 Å². The number of hydrogen-bond acceptors (Lipinski definition) is 5. The topological polar surface area (TPSA) is 80.5 Å². The van der Waals surface area contributed by atoms with E-state index in [4.69, 9.17) is 0 Å². The fourth-order valence-corrected chi connectivity index (χ4v) is 5.03. The Bertz CT molecular complexity index is 1120. The van der Waals surface area contributed by atoms with Gasteiger partial charge in [0.15, 0.2) is 11.5 Å². The number of benzene rings is 1. The van der Waals surface area contributed by atoms with Gasteiger partial charge in [-0.3, -0.25) is 14.5 Å². The Kier molecular flexibility index (Phi) is 2.90. The smallest absolute Gasteiger partial charge is 0.233 e. The zero-order valence-electron chi connectivity index (χ0n) is 14.5. The van der Waals surface area contributed by atoms with E-state index < -0.39 is 0 Å². The first-order valence-corrected chi connectivity index (χ1v) is 9.33. The van der Waals surface area contributed by atoms with Crippen LogP contribution in [0.3, 0.4) is 0 Å². The molecule has 1 saturated heterocycles. The number of likely N-dealkylation sites (tertiary alicyclic amines) is 1. The Morgan fingerprint density at radius 1 is 1.04 bits per heavy atom. The third kappa shape index (κ3) is 1.99. The van der Waals surface area contributed by atoms with E-state index in [1.54, 1.807) is 10.8 Å². The van der Waals surface area contributed by atoms with Crippen LogP contribution < -0.4 is 0 Å². The van der Waals surface area contributed by atoms with Crippen molar-refractivity contribution in [3.63, 3.8) is 0 Å². The molecule has 4 unspecified atom stereocenters. The average molecular weight is 359 g/mol. The monoisotopic (exact) mass is 359 g/mol. The third-order valence-electron chi connectivity index (χ3n) is 6.25. The first kappa shape index (κ1) is 15.0. The van der Waals surface area contributed by atoms with E-state index in [0.717, 1.165) is 23.0 Å². The summed E-state index contributed by atoms with van der Waals surface area (Å²) < 4.78 is 1.66. The van der Waals surface area contributed by atoms with Crippen molar-refractivity contribution in [2.24, 2.45) is 23.7 Å². The van der Waals surface area contributed by atoms with Gasteiger partial charge in [-0.05, 0) is 30.4 Å². The van der Waals surface area contributed by atoms with Gasteiger partial charge in [0.25, 0.3) is 0 Å². The molecule has 2 aliphatic carbocycles. The van der Waals surface area contributed by atoms with Crippen LogP contribution in [-0.2, 0) is 16.0 Å². The molecule has 4 atom stereocenters. The molecule has 27 heavy (non-hydrogen) atoms. The van der Waals surface area contributed by atoms with E-state index in [1.807, 2.05) is 24.3 Å². The first-order chi connectivity index (χ1) is 13.2. The van der Waals surface area contributed by atoms with Crippen molar-refractivity contribution in [1.82, 2.24) is 24.5 Å². The lowest BCUT2D eigenvalue weighted by atomic mass is 9.85. The van der Waals surface area contributed by atoms with Crippen LogP contribution in [0.5, 0.6) is 0 Å². The second-order valence-corrected chi connectivity index (χ2v) is 7.64. The highest BCUT2D eigenvalue weighted by atomic mass is 16.2. The lowest BCUT2D eigenvalue weighted by Crippen LogP contribution is -2.34. The summed E-state index contributed by atoms with van der Waals surface area (Å²) in [5.74, 6) is 0.783. The van der Waals surface area contributed by atoms with Gasteiger partial charge >= 0.3 is 0 Å². The van der Waals surface area contributed by atoms with Crippen molar-refractivity contribution in [3.05, 3.63) is 48.6 Å². The highest BCUT2D eigenvalue weighted by Crippen LogP contribution is 2.52. The highest BCUT2D eigenvalue weighted by Gasteiger charge is 2.58. The third-order valence-corrected chi connectivity index (χ3v) is 6.25. The molecule has 3 aliphatic rings. The maximum absolute atomic E-state index is 12.8. The Labute approximate surface area is 154 Å². The molecule has 2 amide bonds. The van der Waals surface area contributed by atoms with Crippen LogP contribution in [-0.4, -0.2) is 42.8 Å². The second kappa shape index (κ2) is 5.22. The number of fused-ring (bicyclic) bond motifs is 8. The molecule has 2 bridgehead atoms. The van der Waals surface area contributed by atoms with Crippen LogP contribution >= 0.6 is 0 Å². The minimum absolute atomic E-state index is 0.0160. The van der Waals surface area contributed by atoms with Gasteiger partial charge in [0.05, 0.1) is 17.4 Å². The maximum atomic E-state index is 12.8. The summed E-state index contributed by atoms with van der Waals surface area (Å²) in [6, 6.07) is 7.79. The number of para-hydroxylation sites is 1. The fraction of sp³-hybridized carbons (Fsp3) is 0.350. The van der Waals surface area contributed by atoms with E-state index in [1.165, 1.54) is 4.90 Å². The molecule has 2 fully saturated rings. The summed E-state index contributed by atoms with van der Waals surface area (Å²) in [5.41, 5.74) is 1.61. The van der Waals surface area contributed by atoms with E-state index in [0.29, 0.717) is 18.8 Å². The molecule has 0 radical (unpaired) electrons. The summed E-state index contributed by atoms with van der Waals surface area (Å²) in [7, 11) is 0. The van der Waals surface area contributed by atoms with Gasteiger partial charge in [-0.15, -0.1) is 5.10 Å². The Morgan fingerprint density at radius 2 is 1.78 bits per heavy atom. The molecule has 3 heterocycles. The molecule has 7 heteroatoms. The maximum Gasteiger partial charge on any atom is 0.233 e. The highest BCUT2D eigenvalue weighted by molar-refractivity contribution is 6.06. The second-order valence-electron chi connectivity index (χ2n) is 7.64. The molecule has 3 aromatic rings. The van der Waals surface area contributed by atoms with Crippen LogP contribution in [0.15, 0.2) is 42.7 Å². The summed E-state index contributed by atoms with van der Waals surface area (Å²) >= 11 is 0. The summed E-state index contributed by atoms with van der Waals surface area (Å²) in [6.45, 7) is 0.340. The molecule has 7 nitrogen and oxygen atoms in total. The average Bonchev–Trinajstić information content (AvgIpc) is 3.44. The molecule has 134 valence electrons. The van der Waals surface area contributed by atoms with Gasteiger partial charge < -0.3 is 0 Å². The van der Waals surface area contributed by atoms with Gasteiger partial charge in [-0.2, -0.15) is 0 Å². The minimum Gasteiger partial charge on any atom is -0.282 e. The van der Waals surface area contributed by atoms with Gasteiger partial charge in [0.2, 0.25) is 11.8 Å². The molecule has 2 aromatic heterocycles. The van der Waals surface area contributed by atoms with Gasteiger partial charge in [0, 0.05) is 18.4 Å². The van der Waals surface area contributed by atoms with E-state index in [-0.39, 0.29) is 35.5 Å². The standard InChI is InChI=1S/C20H17N5O2/c26-19-16-11-5-6-12(9-11)17(16)20(27)24(19)8-7-15-22-18-13-3-1-2-4-14(13)21-10-25(18)23-15/h1-6,10-12,16-17H,7-9H2. The molecule has 1 aromatic carbocycles. The van der Waals surface area contributed by atoms with Crippen LogP contribution in [0.2, 0.25) is 0 Å². The van der Waals surface area contributed by atoms with Crippen molar-refractivity contribution >= 4 is 28.4 Å². The zero-order chi connectivity index (χ0) is 18.1. The number of imide groups is 1. The number of nitrogens with zero attached hydrogens (tertiary/aromatic N) is 5. The Hall–Kier alpha value is -3.09. The van der Waals surface area contributed by atoms with Crippen LogP contribution in [0, 0.1) is 23.7 Å². The molecular formula is C20H17N5O2. The fourth-order valence-electron chi connectivity index (χ4n) is 5.03. The van der Waals surface area contributed by atoms with Crippen LogP contribution in [0.4, 0.5) is 0 Å². The number of carbonyl (C=O) groups is 2. The van der Waals surface area contributed by atoms with Crippen molar-refractivity contribution < 1.29 is 9.59 Å². The Morgan fingerprint density at radius 3 is 2.56 bits per heavy atom. The molecule has 6 rings (SSSR count). The molecular weight excluding hydrogens is 342 g/mol. The minimum atomic E-state index is -0.144. The van der Waals surface area contributed by atoms with Gasteiger partial charge in [0.1, 0.15) is 6.33 Å². The normalized spacial score (nSPS) is 28.8. The first-order valence-electron chi connectivity index (χ1n) is 9.33. The lowest BCUT2D eigenvalue weighted by molar-refractivity contribution is -0.140. The SMILES string of the molecule is O=C1C2C3C=CC(C3)C2C(=O)N1CCc1nc2c3ccccc3ncn2n1. The molecule has 1 saturated carbocycles. The van der Waals surface area contributed by atoms with E-state index >= 15 is 0 Å². The summed E-state index contributed by atoms with van der Waals surface area (Å²) in [5, 5.41) is 5.40. The van der Waals surface area contributed by atoms with Gasteiger partial charge in [-0.25, -0.2) is 14.5 Å². The number of rotatable bonds is 3. The number of amides is 2. The predicted molar refractivity (Wildman–Crippen MR) is 96.4 cm³/mol. The summed E-state index contributed by atoms with van der Waals surface area (Å²) in [6.07, 6.45) is 7.28. The lowest BCUT2D eigenvalue weighted by Gasteiger charge is -2.16. The zero-order valence-corrected chi connectivity index (χ0v) is 14.5. The van der Waals surface area contributed by atoms with Crippen molar-refractivity contribution in [1.29, 1.82) is 0 Å². The summed E-state index contributed by atoms with van der Waals surface area (Å²) in [4.78, 5) is 36.0. The van der Waals surface area contributed by atoms with Crippen molar-refractivity contribution in [3.8, 4) is 0 Å². The number of hydrogen-bond donors (Lipinski definition) is 0. The van der Waals surface area contributed by atoms with E-state index in [9.17, 15) is 9.59 Å². The Balaban J connectivity index is 1.27. The molecule has 0 N–H and O–H groups in total. The number of aromatic nitrogens is 4.